The average molecular weight is 413 g/mol. The van der Waals surface area contributed by atoms with Crippen molar-refractivity contribution < 1.29 is 9.59 Å². The molecule has 0 aliphatic heterocycles. The first-order chi connectivity index (χ1) is 13.7. The first-order valence-corrected chi connectivity index (χ1v) is 11.2. The summed E-state index contributed by atoms with van der Waals surface area (Å²) in [5.74, 6) is 0.669. The van der Waals surface area contributed by atoms with Crippen molar-refractivity contribution in [2.45, 2.75) is 58.6 Å². The molecule has 2 rings (SSSR count). The topological polar surface area (TPSA) is 58.2 Å². The second-order valence-corrected chi connectivity index (χ2v) is 9.31. The number of aryl methyl sites for hydroxylation is 1. The maximum atomic E-state index is 12.8. The Kier molecular flexibility index (Phi) is 8.32. The zero-order valence-corrected chi connectivity index (χ0v) is 19.0. The van der Waals surface area contributed by atoms with Crippen LogP contribution < -0.4 is 10.6 Å². The molecule has 0 aliphatic rings. The summed E-state index contributed by atoms with van der Waals surface area (Å²) in [6.45, 7) is 12.4. The van der Waals surface area contributed by atoms with E-state index in [4.69, 9.17) is 0 Å². The van der Waals surface area contributed by atoms with Crippen molar-refractivity contribution in [1.82, 2.24) is 0 Å². The summed E-state index contributed by atoms with van der Waals surface area (Å²) in [4.78, 5) is 25.0. The van der Waals surface area contributed by atoms with Crippen LogP contribution in [0.4, 0.5) is 11.4 Å². The van der Waals surface area contributed by atoms with E-state index in [9.17, 15) is 9.59 Å². The third kappa shape index (κ3) is 6.64. The predicted octanol–water partition coefficient (Wildman–Crippen LogP) is 5.94. The predicted molar refractivity (Wildman–Crippen MR) is 125 cm³/mol. The van der Waals surface area contributed by atoms with Crippen LogP contribution in [-0.4, -0.2) is 22.8 Å². The fraction of sp³-hybridized carbons (Fsp3) is 0.417. The van der Waals surface area contributed by atoms with Gasteiger partial charge in [0.2, 0.25) is 11.8 Å². The Morgan fingerprint density at radius 2 is 1.41 bits per heavy atom. The third-order valence-corrected chi connectivity index (χ3v) is 5.93. The number of hydrogen-bond acceptors (Lipinski definition) is 3. The van der Waals surface area contributed by atoms with Gasteiger partial charge in [-0.25, -0.2) is 0 Å². The second kappa shape index (κ2) is 10.5. The number of thioether (sulfide) groups is 1. The van der Waals surface area contributed by atoms with E-state index in [1.807, 2.05) is 44.2 Å². The van der Waals surface area contributed by atoms with E-state index in [0.717, 1.165) is 28.1 Å². The van der Waals surface area contributed by atoms with Gasteiger partial charge in [-0.3, -0.25) is 9.59 Å². The van der Waals surface area contributed by atoms with Crippen LogP contribution in [0.15, 0.2) is 42.5 Å². The highest BCUT2D eigenvalue weighted by Crippen LogP contribution is 2.32. The Morgan fingerprint density at radius 1 is 0.862 bits per heavy atom. The van der Waals surface area contributed by atoms with E-state index < -0.39 is 0 Å². The number of nitrogens with one attached hydrogen (secondary N) is 2. The lowest BCUT2D eigenvalue weighted by Gasteiger charge is -2.21. The lowest BCUT2D eigenvalue weighted by Crippen LogP contribution is -2.26. The third-order valence-electron chi connectivity index (χ3n) is 4.79. The van der Waals surface area contributed by atoms with Gasteiger partial charge in [-0.1, -0.05) is 63.6 Å². The minimum atomic E-state index is -0.334. The van der Waals surface area contributed by atoms with Gasteiger partial charge in [-0.05, 0) is 48.9 Å². The van der Waals surface area contributed by atoms with Crippen LogP contribution >= 0.6 is 11.8 Å². The molecule has 0 bridgehead atoms. The maximum absolute atomic E-state index is 12.8. The molecule has 2 aromatic carbocycles. The number of benzene rings is 2. The van der Waals surface area contributed by atoms with E-state index in [0.29, 0.717) is 11.8 Å². The van der Waals surface area contributed by atoms with Crippen molar-refractivity contribution >= 4 is 35.0 Å². The highest BCUT2D eigenvalue weighted by atomic mass is 32.2. The zero-order chi connectivity index (χ0) is 21.6. The highest BCUT2D eigenvalue weighted by Gasteiger charge is 2.20. The molecule has 0 spiro atoms. The largest absolute Gasteiger partial charge is 0.325 e. The first kappa shape index (κ1) is 23.0. The summed E-state index contributed by atoms with van der Waals surface area (Å²) in [6, 6.07) is 13.9. The molecule has 0 radical (unpaired) electrons. The maximum Gasteiger partial charge on any atom is 0.237 e. The van der Waals surface area contributed by atoms with Gasteiger partial charge in [0.25, 0.3) is 0 Å². The van der Waals surface area contributed by atoms with Crippen molar-refractivity contribution in [2.75, 3.05) is 16.4 Å². The number of para-hydroxylation sites is 1. The van der Waals surface area contributed by atoms with Crippen molar-refractivity contribution in [3.63, 3.8) is 0 Å². The average Bonchev–Trinajstić information content (AvgIpc) is 2.67. The van der Waals surface area contributed by atoms with Crippen LogP contribution in [0.3, 0.4) is 0 Å². The van der Waals surface area contributed by atoms with Crippen LogP contribution in [0.25, 0.3) is 0 Å². The molecular formula is C24H32N2O2S. The minimum absolute atomic E-state index is 0.0758. The molecule has 29 heavy (non-hydrogen) atoms. The zero-order valence-electron chi connectivity index (χ0n) is 18.2. The summed E-state index contributed by atoms with van der Waals surface area (Å²) in [6.07, 6.45) is 0. The smallest absolute Gasteiger partial charge is 0.237 e. The van der Waals surface area contributed by atoms with E-state index in [2.05, 4.69) is 50.5 Å². The van der Waals surface area contributed by atoms with E-state index in [-0.39, 0.29) is 22.8 Å². The molecule has 0 saturated heterocycles. The molecule has 2 aromatic rings. The fourth-order valence-electron chi connectivity index (χ4n) is 3.03. The Balaban J connectivity index is 1.98. The second-order valence-electron chi connectivity index (χ2n) is 7.98. The van der Waals surface area contributed by atoms with Gasteiger partial charge >= 0.3 is 0 Å². The van der Waals surface area contributed by atoms with Gasteiger partial charge in [0, 0.05) is 11.4 Å². The van der Waals surface area contributed by atoms with Gasteiger partial charge in [0.05, 0.1) is 11.0 Å². The molecule has 0 aromatic heterocycles. The van der Waals surface area contributed by atoms with Crippen molar-refractivity contribution in [3.8, 4) is 0 Å². The van der Waals surface area contributed by atoms with Crippen LogP contribution in [0.2, 0.25) is 0 Å². The monoisotopic (exact) mass is 412 g/mol. The molecule has 0 aliphatic carbocycles. The van der Waals surface area contributed by atoms with E-state index in [1.54, 1.807) is 0 Å². The van der Waals surface area contributed by atoms with Gasteiger partial charge in [0.15, 0.2) is 0 Å². The quantitative estimate of drug-likeness (QED) is 0.564. The molecule has 2 N–H and O–H groups in total. The molecule has 1 atom stereocenters. The van der Waals surface area contributed by atoms with Crippen molar-refractivity contribution in [2.24, 2.45) is 0 Å². The molecule has 0 heterocycles. The lowest BCUT2D eigenvalue weighted by molar-refractivity contribution is -0.115. The number of rotatable bonds is 8. The van der Waals surface area contributed by atoms with Crippen molar-refractivity contribution in [1.29, 1.82) is 0 Å². The van der Waals surface area contributed by atoms with Crippen LogP contribution in [-0.2, 0) is 9.59 Å². The summed E-state index contributed by atoms with van der Waals surface area (Å²) in [5, 5.41) is 5.67. The SMILES string of the molecule is Cc1ccc(NC(=O)CS[C@@H](C)C(=O)Nc2c(C(C)C)cccc2C(C)C)cc1. The molecule has 4 nitrogen and oxygen atoms in total. The Morgan fingerprint density at radius 3 is 1.93 bits per heavy atom. The van der Waals surface area contributed by atoms with Gasteiger partial charge < -0.3 is 10.6 Å². The number of hydrogen-bond donors (Lipinski definition) is 2. The molecular weight excluding hydrogens is 380 g/mol. The summed E-state index contributed by atoms with van der Waals surface area (Å²) in [7, 11) is 0. The minimum Gasteiger partial charge on any atom is -0.325 e. The van der Waals surface area contributed by atoms with Crippen LogP contribution in [0, 0.1) is 6.92 Å². The van der Waals surface area contributed by atoms with Gasteiger partial charge in [-0.15, -0.1) is 11.8 Å². The fourth-order valence-corrected chi connectivity index (χ4v) is 3.71. The Labute approximate surface area is 178 Å². The molecule has 2 amide bonds. The van der Waals surface area contributed by atoms with Crippen LogP contribution in [0.5, 0.6) is 0 Å². The molecule has 0 unspecified atom stereocenters. The summed E-state index contributed by atoms with van der Waals surface area (Å²) in [5.41, 5.74) is 5.10. The normalized spacial score (nSPS) is 12.1. The Hall–Kier alpha value is -2.27. The molecule has 156 valence electrons. The first-order valence-electron chi connectivity index (χ1n) is 10.1. The highest BCUT2D eigenvalue weighted by molar-refractivity contribution is 8.01. The Bertz CT molecular complexity index is 818. The van der Waals surface area contributed by atoms with E-state index >= 15 is 0 Å². The number of anilines is 2. The van der Waals surface area contributed by atoms with Gasteiger partial charge in [0.1, 0.15) is 0 Å². The number of amides is 2. The van der Waals surface area contributed by atoms with Crippen molar-refractivity contribution in [3.05, 3.63) is 59.2 Å². The number of carbonyl (C=O) groups excluding carboxylic acids is 2. The molecule has 0 saturated carbocycles. The van der Waals surface area contributed by atoms with Gasteiger partial charge in [-0.2, -0.15) is 0 Å². The molecule has 5 heteroatoms. The number of carbonyl (C=O) groups is 2. The molecule has 0 fully saturated rings. The standard InChI is InChI=1S/C24H32N2O2S/c1-15(2)20-8-7-9-21(16(3)4)23(20)26-24(28)18(6)29-14-22(27)25-19-12-10-17(5)11-13-19/h7-13,15-16,18H,14H2,1-6H3,(H,25,27)(H,26,28)/t18-/m0/s1. The van der Waals surface area contributed by atoms with Crippen LogP contribution in [0.1, 0.15) is 63.1 Å². The summed E-state index contributed by atoms with van der Waals surface area (Å²) >= 11 is 1.34. The summed E-state index contributed by atoms with van der Waals surface area (Å²) < 4.78 is 0. The lowest BCUT2D eigenvalue weighted by atomic mass is 9.92. The van der Waals surface area contributed by atoms with E-state index in [1.165, 1.54) is 11.8 Å².